The first kappa shape index (κ1) is 32.8. The van der Waals surface area contributed by atoms with Crippen molar-refractivity contribution in [2.45, 2.75) is 38.5 Å². The minimum atomic E-state index is -0.198. The second-order valence-electron chi connectivity index (χ2n) is 16.6. The number of aromatic nitrogens is 1. The van der Waals surface area contributed by atoms with Gasteiger partial charge in [-0.15, -0.1) is 0 Å². The third-order valence-electron chi connectivity index (χ3n) is 12.8. The van der Waals surface area contributed by atoms with Gasteiger partial charge in [-0.05, 0) is 127 Å². The first-order chi connectivity index (χ1) is 27.3. The topological polar surface area (TPSA) is 8.17 Å². The summed E-state index contributed by atoms with van der Waals surface area (Å²) < 4.78 is 2.35. The molecule has 0 N–H and O–H groups in total. The Kier molecular flexibility index (Phi) is 6.98. The van der Waals surface area contributed by atoms with Crippen molar-refractivity contribution < 1.29 is 0 Å². The zero-order valence-electron chi connectivity index (χ0n) is 32.2. The highest BCUT2D eigenvalue weighted by molar-refractivity contribution is 6.07. The smallest absolute Gasteiger partial charge is 0.0534 e. The zero-order chi connectivity index (χ0) is 37.8. The van der Waals surface area contributed by atoms with Crippen LogP contribution in [0.1, 0.15) is 49.9 Å². The number of fused-ring (bicyclic) bond motifs is 9. The number of anilines is 3. The maximum absolute atomic E-state index is 2.45. The Bertz CT molecular complexity index is 3020. The molecule has 1 heterocycles. The summed E-state index contributed by atoms with van der Waals surface area (Å²) in [5.74, 6) is 0. The van der Waals surface area contributed by atoms with Gasteiger partial charge in [0.15, 0.2) is 0 Å². The summed E-state index contributed by atoms with van der Waals surface area (Å²) in [6.45, 7) is 9.51. The summed E-state index contributed by atoms with van der Waals surface area (Å²) in [5.41, 5.74) is 18.8. The summed E-state index contributed by atoms with van der Waals surface area (Å²) in [5, 5.41) is 3.85. The molecule has 0 radical (unpaired) electrons. The summed E-state index contributed by atoms with van der Waals surface area (Å²) in [7, 11) is 0. The molecule has 0 fully saturated rings. The molecule has 56 heavy (non-hydrogen) atoms. The lowest BCUT2D eigenvalue weighted by Crippen LogP contribution is -2.18. The Morgan fingerprint density at radius 2 is 0.946 bits per heavy atom. The minimum Gasteiger partial charge on any atom is -0.317 e. The maximum Gasteiger partial charge on any atom is 0.0534 e. The second-order valence-corrected chi connectivity index (χ2v) is 16.6. The molecule has 8 aromatic carbocycles. The van der Waals surface area contributed by atoms with E-state index in [1.165, 1.54) is 88.7 Å². The van der Waals surface area contributed by atoms with Gasteiger partial charge in [-0.1, -0.05) is 143 Å². The molecule has 0 aliphatic heterocycles. The Balaban J connectivity index is 1.03. The van der Waals surface area contributed by atoms with E-state index in [-0.39, 0.29) is 10.8 Å². The van der Waals surface area contributed by atoms with Gasteiger partial charge in [0.25, 0.3) is 0 Å². The molecule has 268 valence electrons. The molecule has 2 nitrogen and oxygen atoms in total. The molecule has 9 aromatic rings. The number of hydrogen-bond acceptors (Lipinski definition) is 1. The van der Waals surface area contributed by atoms with E-state index in [1.54, 1.807) is 0 Å². The standard InChI is InChI=1S/C54H42N2/c1-53(2)48-17-11-10-16-43(48)44-27-24-40(33-50(44)53)56(38-21-18-36(19-22-38)35-12-6-5-7-13-35)41-25-28-46-45-26-23-39(32-49(45)54(3,4)51(46)34-41)55-31-30-47-42-15-9-8-14-37(42)20-29-52(47)55/h5-34H,1-4H3. The SMILES string of the molecule is CC1(C)c2ccccc2-c2ccc(N(c3ccc(-c4ccccc4)cc3)c3ccc4c(c3)C(C)(C)c3cc(-n5ccc6c7ccccc7ccc65)ccc3-4)cc21. The van der Waals surface area contributed by atoms with Crippen LogP contribution in [0.3, 0.4) is 0 Å². The first-order valence-corrected chi connectivity index (χ1v) is 19.8. The molecule has 0 spiro atoms. The van der Waals surface area contributed by atoms with Crippen molar-refractivity contribution in [3.05, 3.63) is 204 Å². The van der Waals surface area contributed by atoms with Gasteiger partial charge in [0.1, 0.15) is 0 Å². The molecule has 2 aliphatic carbocycles. The molecule has 11 rings (SSSR count). The van der Waals surface area contributed by atoms with Crippen molar-refractivity contribution in [2.24, 2.45) is 0 Å². The van der Waals surface area contributed by atoms with Crippen LogP contribution in [0.15, 0.2) is 182 Å². The minimum absolute atomic E-state index is 0.0950. The molecule has 0 unspecified atom stereocenters. The van der Waals surface area contributed by atoms with E-state index >= 15 is 0 Å². The molecule has 1 aromatic heterocycles. The largest absolute Gasteiger partial charge is 0.317 e. The molecule has 0 atom stereocenters. The zero-order valence-corrected chi connectivity index (χ0v) is 32.2. The van der Waals surface area contributed by atoms with Crippen molar-refractivity contribution in [3.8, 4) is 39.1 Å². The Morgan fingerprint density at radius 3 is 1.68 bits per heavy atom. The summed E-state index contributed by atoms with van der Waals surface area (Å²) >= 11 is 0. The highest BCUT2D eigenvalue weighted by Crippen LogP contribution is 2.53. The van der Waals surface area contributed by atoms with Gasteiger partial charge >= 0.3 is 0 Å². The fraction of sp³-hybridized carbons (Fsp3) is 0.111. The highest BCUT2D eigenvalue weighted by atomic mass is 15.1. The fourth-order valence-electron chi connectivity index (χ4n) is 9.84. The van der Waals surface area contributed by atoms with Crippen molar-refractivity contribution in [2.75, 3.05) is 4.90 Å². The van der Waals surface area contributed by atoms with Gasteiger partial charge < -0.3 is 9.47 Å². The van der Waals surface area contributed by atoms with Gasteiger partial charge in [-0.25, -0.2) is 0 Å². The molecular formula is C54H42N2. The first-order valence-electron chi connectivity index (χ1n) is 19.8. The van der Waals surface area contributed by atoms with Crippen molar-refractivity contribution >= 4 is 38.7 Å². The lowest BCUT2D eigenvalue weighted by Gasteiger charge is -2.30. The van der Waals surface area contributed by atoms with E-state index in [2.05, 4.69) is 219 Å². The van der Waals surface area contributed by atoms with Crippen LogP contribution in [-0.2, 0) is 10.8 Å². The van der Waals surface area contributed by atoms with E-state index in [0.717, 1.165) is 11.4 Å². The quantitative estimate of drug-likeness (QED) is 0.172. The lowest BCUT2D eigenvalue weighted by molar-refractivity contribution is 0.659. The highest BCUT2D eigenvalue weighted by Gasteiger charge is 2.38. The van der Waals surface area contributed by atoms with E-state index < -0.39 is 0 Å². The van der Waals surface area contributed by atoms with Crippen LogP contribution >= 0.6 is 0 Å². The third-order valence-corrected chi connectivity index (χ3v) is 12.8. The van der Waals surface area contributed by atoms with E-state index in [9.17, 15) is 0 Å². The molecule has 0 saturated heterocycles. The molecule has 2 heteroatoms. The average Bonchev–Trinajstić information content (AvgIpc) is 3.85. The average molecular weight is 719 g/mol. The predicted octanol–water partition coefficient (Wildman–Crippen LogP) is 14.5. The Labute approximate surface area is 328 Å². The summed E-state index contributed by atoms with van der Waals surface area (Å²) in [6, 6.07) is 65.3. The van der Waals surface area contributed by atoms with Crippen LogP contribution in [0.2, 0.25) is 0 Å². The van der Waals surface area contributed by atoms with Crippen LogP contribution in [0.25, 0.3) is 60.7 Å². The summed E-state index contributed by atoms with van der Waals surface area (Å²) in [6.07, 6.45) is 2.23. The molecule has 0 amide bonds. The van der Waals surface area contributed by atoms with Crippen molar-refractivity contribution in [3.63, 3.8) is 0 Å². The molecule has 2 aliphatic rings. The fourth-order valence-corrected chi connectivity index (χ4v) is 9.84. The second kappa shape index (κ2) is 11.9. The van der Waals surface area contributed by atoms with Crippen LogP contribution < -0.4 is 4.90 Å². The van der Waals surface area contributed by atoms with Crippen LogP contribution in [0, 0.1) is 0 Å². The van der Waals surface area contributed by atoms with E-state index in [0.29, 0.717) is 0 Å². The molecular weight excluding hydrogens is 677 g/mol. The monoisotopic (exact) mass is 718 g/mol. The Hall–Kier alpha value is -6.64. The van der Waals surface area contributed by atoms with Gasteiger partial charge in [-0.2, -0.15) is 0 Å². The van der Waals surface area contributed by atoms with Crippen LogP contribution in [0.4, 0.5) is 17.1 Å². The molecule has 0 bridgehead atoms. The van der Waals surface area contributed by atoms with Gasteiger partial charge in [-0.3, -0.25) is 0 Å². The normalized spacial score (nSPS) is 14.4. The van der Waals surface area contributed by atoms with Crippen LogP contribution in [-0.4, -0.2) is 4.57 Å². The van der Waals surface area contributed by atoms with Crippen molar-refractivity contribution in [1.82, 2.24) is 4.57 Å². The lowest BCUT2D eigenvalue weighted by atomic mass is 9.82. The number of rotatable bonds is 5. The van der Waals surface area contributed by atoms with E-state index in [1.807, 2.05) is 0 Å². The maximum atomic E-state index is 2.45. The third kappa shape index (κ3) is 4.75. The number of benzene rings is 8. The van der Waals surface area contributed by atoms with Gasteiger partial charge in [0.2, 0.25) is 0 Å². The molecule has 0 saturated carbocycles. The number of hydrogen-bond donors (Lipinski definition) is 0. The van der Waals surface area contributed by atoms with E-state index in [4.69, 9.17) is 0 Å². The van der Waals surface area contributed by atoms with Crippen molar-refractivity contribution in [1.29, 1.82) is 0 Å². The number of nitrogens with zero attached hydrogens (tertiary/aromatic N) is 2. The van der Waals surface area contributed by atoms with Gasteiger partial charge in [0.05, 0.1) is 5.52 Å². The summed E-state index contributed by atoms with van der Waals surface area (Å²) in [4.78, 5) is 2.45. The Morgan fingerprint density at radius 1 is 0.393 bits per heavy atom. The van der Waals surface area contributed by atoms with Crippen LogP contribution in [0.5, 0.6) is 0 Å². The van der Waals surface area contributed by atoms with Gasteiger partial charge in [0, 0.05) is 45.2 Å². The predicted molar refractivity (Wildman–Crippen MR) is 236 cm³/mol.